The van der Waals surface area contributed by atoms with Crippen LogP contribution in [0.25, 0.3) is 11.1 Å². The van der Waals surface area contributed by atoms with Crippen molar-refractivity contribution in [2.75, 3.05) is 39.3 Å². The molecule has 1 aromatic heterocycles. The summed E-state index contributed by atoms with van der Waals surface area (Å²) in [5, 5.41) is 3.02. The third-order valence-electron chi connectivity index (χ3n) is 5.73. The molecule has 0 saturated carbocycles. The first-order valence-electron chi connectivity index (χ1n) is 10.9. The van der Waals surface area contributed by atoms with Crippen molar-refractivity contribution in [1.29, 1.82) is 0 Å². The smallest absolute Gasteiger partial charge is 0.317 e. The highest BCUT2D eigenvalue weighted by molar-refractivity contribution is 5.97. The minimum absolute atomic E-state index is 0.0104. The van der Waals surface area contributed by atoms with Crippen LogP contribution in [-0.2, 0) is 6.54 Å². The van der Waals surface area contributed by atoms with Crippen LogP contribution in [0.2, 0.25) is 0 Å². The molecular formula is C22H33N5O3. The molecule has 0 spiro atoms. The van der Waals surface area contributed by atoms with Gasteiger partial charge in [-0.1, -0.05) is 6.92 Å². The van der Waals surface area contributed by atoms with Gasteiger partial charge >= 0.3 is 6.03 Å². The van der Waals surface area contributed by atoms with Gasteiger partial charge < -0.3 is 19.5 Å². The molecule has 3 rings (SSSR count). The van der Waals surface area contributed by atoms with Crippen LogP contribution in [-0.4, -0.2) is 76.9 Å². The van der Waals surface area contributed by atoms with E-state index in [-0.39, 0.29) is 18.0 Å². The van der Waals surface area contributed by atoms with Gasteiger partial charge in [-0.15, -0.1) is 0 Å². The van der Waals surface area contributed by atoms with Crippen LogP contribution in [0.15, 0.2) is 22.6 Å². The number of hydrogen-bond acceptors (Lipinski definition) is 5. The molecule has 1 fully saturated rings. The van der Waals surface area contributed by atoms with Crippen molar-refractivity contribution in [3.63, 3.8) is 0 Å². The number of benzene rings is 1. The summed E-state index contributed by atoms with van der Waals surface area (Å²) in [4.78, 5) is 35.3. The lowest BCUT2D eigenvalue weighted by Gasteiger charge is -2.34. The molecule has 30 heavy (non-hydrogen) atoms. The number of fused-ring (bicyclic) bond motifs is 1. The lowest BCUT2D eigenvalue weighted by atomic mass is 10.2. The van der Waals surface area contributed by atoms with Crippen molar-refractivity contribution in [3.05, 3.63) is 29.7 Å². The Morgan fingerprint density at radius 2 is 1.87 bits per heavy atom. The predicted molar refractivity (Wildman–Crippen MR) is 116 cm³/mol. The second kappa shape index (κ2) is 9.93. The van der Waals surface area contributed by atoms with Gasteiger partial charge in [-0.25, -0.2) is 9.78 Å². The Bertz CT molecular complexity index is 869. The topological polar surface area (TPSA) is 81.9 Å². The second-order valence-electron chi connectivity index (χ2n) is 7.79. The molecule has 164 valence electrons. The van der Waals surface area contributed by atoms with Crippen molar-refractivity contribution in [1.82, 2.24) is 25.0 Å². The Labute approximate surface area is 178 Å². The van der Waals surface area contributed by atoms with Crippen LogP contribution in [0.4, 0.5) is 4.79 Å². The fraction of sp³-hybridized carbons (Fsp3) is 0.591. The van der Waals surface area contributed by atoms with E-state index in [0.717, 1.165) is 19.5 Å². The number of nitrogens with zero attached hydrogens (tertiary/aromatic N) is 4. The molecule has 8 nitrogen and oxygen atoms in total. The average Bonchev–Trinajstić information content (AvgIpc) is 3.16. The Morgan fingerprint density at radius 3 is 2.50 bits per heavy atom. The molecule has 8 heteroatoms. The highest BCUT2D eigenvalue weighted by Gasteiger charge is 2.23. The largest absolute Gasteiger partial charge is 0.439 e. The van der Waals surface area contributed by atoms with Crippen molar-refractivity contribution >= 4 is 23.0 Å². The normalized spacial score (nSPS) is 15.9. The van der Waals surface area contributed by atoms with E-state index >= 15 is 0 Å². The number of hydrogen-bond donors (Lipinski definition) is 1. The summed E-state index contributed by atoms with van der Waals surface area (Å²) in [7, 11) is 0. The van der Waals surface area contributed by atoms with E-state index in [1.165, 1.54) is 0 Å². The summed E-state index contributed by atoms with van der Waals surface area (Å²) < 4.78 is 5.89. The standard InChI is InChI=1S/C22H33N5O3/c1-5-16(4)23-22(29)27-12-10-25(11-13-27)15-20-24-18-14-17(8-9-19(18)30-20)21(28)26(6-2)7-3/h8-9,14,16H,5-7,10-13,15H2,1-4H3,(H,23,29). The van der Waals surface area contributed by atoms with Gasteiger partial charge in [0.05, 0.1) is 6.54 Å². The molecule has 3 amide bonds. The summed E-state index contributed by atoms with van der Waals surface area (Å²) in [6, 6.07) is 5.62. The number of aromatic nitrogens is 1. The summed E-state index contributed by atoms with van der Waals surface area (Å²) in [5.74, 6) is 0.646. The number of piperazine rings is 1. The lowest BCUT2D eigenvalue weighted by molar-refractivity contribution is 0.0773. The fourth-order valence-corrected chi connectivity index (χ4v) is 3.57. The SMILES string of the molecule is CCC(C)NC(=O)N1CCN(Cc2nc3cc(C(=O)N(CC)CC)ccc3o2)CC1. The number of urea groups is 1. The zero-order chi connectivity index (χ0) is 21.7. The Balaban J connectivity index is 1.59. The van der Waals surface area contributed by atoms with E-state index < -0.39 is 0 Å². The molecule has 1 aliphatic heterocycles. The van der Waals surface area contributed by atoms with Gasteiger partial charge in [0.2, 0.25) is 5.89 Å². The van der Waals surface area contributed by atoms with Crippen molar-refractivity contribution in [2.24, 2.45) is 0 Å². The molecule has 1 unspecified atom stereocenters. The van der Waals surface area contributed by atoms with Gasteiger partial charge in [-0.3, -0.25) is 9.69 Å². The van der Waals surface area contributed by atoms with Crippen molar-refractivity contribution in [2.45, 2.75) is 46.7 Å². The maximum atomic E-state index is 12.6. The molecule has 1 aliphatic rings. The zero-order valence-electron chi connectivity index (χ0n) is 18.5. The van der Waals surface area contributed by atoms with Gasteiger partial charge in [0.25, 0.3) is 5.91 Å². The second-order valence-corrected chi connectivity index (χ2v) is 7.79. The van der Waals surface area contributed by atoms with E-state index in [4.69, 9.17) is 4.42 Å². The van der Waals surface area contributed by atoms with Gasteiger partial charge in [-0.2, -0.15) is 0 Å². The monoisotopic (exact) mass is 415 g/mol. The molecule has 0 radical (unpaired) electrons. The number of oxazole rings is 1. The number of carbonyl (C=O) groups is 2. The molecule has 1 N–H and O–H groups in total. The van der Waals surface area contributed by atoms with Crippen LogP contribution in [0.1, 0.15) is 50.4 Å². The average molecular weight is 416 g/mol. The Hall–Kier alpha value is -2.61. The van der Waals surface area contributed by atoms with E-state index in [9.17, 15) is 9.59 Å². The van der Waals surface area contributed by atoms with E-state index in [2.05, 4.69) is 22.1 Å². The summed E-state index contributed by atoms with van der Waals surface area (Å²) >= 11 is 0. The highest BCUT2D eigenvalue weighted by atomic mass is 16.3. The minimum Gasteiger partial charge on any atom is -0.439 e. The summed E-state index contributed by atoms with van der Waals surface area (Å²) in [5.41, 5.74) is 2.02. The third kappa shape index (κ3) is 5.11. The number of rotatable bonds is 7. The molecule has 2 heterocycles. The highest BCUT2D eigenvalue weighted by Crippen LogP contribution is 2.20. The molecule has 2 aromatic rings. The summed E-state index contributed by atoms with van der Waals surface area (Å²) in [6.45, 7) is 12.9. The quantitative estimate of drug-likeness (QED) is 0.752. The van der Waals surface area contributed by atoms with E-state index in [0.29, 0.717) is 55.3 Å². The number of carbonyl (C=O) groups excluding carboxylic acids is 2. The van der Waals surface area contributed by atoms with Crippen LogP contribution >= 0.6 is 0 Å². The molecule has 1 atom stereocenters. The molecular weight excluding hydrogens is 382 g/mol. The van der Waals surface area contributed by atoms with Crippen LogP contribution in [0.3, 0.4) is 0 Å². The lowest BCUT2D eigenvalue weighted by Crippen LogP contribution is -2.52. The summed E-state index contributed by atoms with van der Waals surface area (Å²) in [6.07, 6.45) is 0.922. The van der Waals surface area contributed by atoms with Crippen LogP contribution in [0.5, 0.6) is 0 Å². The number of nitrogens with one attached hydrogen (secondary N) is 1. The number of amides is 3. The molecule has 1 saturated heterocycles. The first-order chi connectivity index (χ1) is 14.4. The van der Waals surface area contributed by atoms with Gasteiger partial charge in [-0.05, 0) is 45.4 Å². The van der Waals surface area contributed by atoms with E-state index in [1.807, 2.05) is 31.7 Å². The van der Waals surface area contributed by atoms with E-state index in [1.54, 1.807) is 17.0 Å². The Kier molecular flexibility index (Phi) is 7.31. The van der Waals surface area contributed by atoms with Crippen molar-refractivity contribution < 1.29 is 14.0 Å². The van der Waals surface area contributed by atoms with Gasteiger partial charge in [0, 0.05) is 50.9 Å². The predicted octanol–water partition coefficient (Wildman–Crippen LogP) is 2.94. The molecule has 0 aliphatic carbocycles. The van der Waals surface area contributed by atoms with Gasteiger partial charge in [0.1, 0.15) is 5.52 Å². The van der Waals surface area contributed by atoms with Gasteiger partial charge in [0.15, 0.2) is 5.58 Å². The first kappa shape index (κ1) is 22.1. The maximum absolute atomic E-state index is 12.6. The zero-order valence-corrected chi connectivity index (χ0v) is 18.5. The third-order valence-corrected chi connectivity index (χ3v) is 5.73. The first-order valence-corrected chi connectivity index (χ1v) is 10.9. The van der Waals surface area contributed by atoms with Crippen LogP contribution in [0, 0.1) is 0 Å². The Morgan fingerprint density at radius 1 is 1.17 bits per heavy atom. The van der Waals surface area contributed by atoms with Crippen LogP contribution < -0.4 is 5.32 Å². The fourth-order valence-electron chi connectivity index (χ4n) is 3.57. The minimum atomic E-state index is 0.0104. The molecule has 0 bridgehead atoms. The maximum Gasteiger partial charge on any atom is 0.317 e. The molecule has 1 aromatic carbocycles. The van der Waals surface area contributed by atoms with Crippen molar-refractivity contribution in [3.8, 4) is 0 Å².